The molecule has 2 rings (SSSR count). The predicted octanol–water partition coefficient (Wildman–Crippen LogP) is 0.331. The molecule has 128 valence electrons. The van der Waals surface area contributed by atoms with Crippen LogP contribution in [-0.2, 0) is 22.1 Å². The Morgan fingerprint density at radius 3 is 2.13 bits per heavy atom. The monoisotopic (exact) mass is 364 g/mol. The molecule has 0 unspecified atom stereocenters. The highest BCUT2D eigenvalue weighted by molar-refractivity contribution is 7.70. The highest BCUT2D eigenvalue weighted by atomic mass is 31.2. The fraction of sp³-hybridized carbons (Fsp3) is 0.250. The second kappa shape index (κ2) is 7.51. The van der Waals surface area contributed by atoms with Crippen LogP contribution in [0.2, 0.25) is 0 Å². The van der Waals surface area contributed by atoms with Crippen molar-refractivity contribution in [2.75, 3.05) is 0 Å². The molecule has 0 aliphatic carbocycles. The summed E-state index contributed by atoms with van der Waals surface area (Å²) in [7, 11) is -9.91. The average Bonchev–Trinajstić information content (AvgIpc) is 2.82. The molecule has 0 spiro atoms. The van der Waals surface area contributed by atoms with Gasteiger partial charge in [0.05, 0.1) is 0 Å². The normalized spacial score (nSPS) is 12.2. The predicted molar refractivity (Wildman–Crippen MR) is 83.0 cm³/mol. The van der Waals surface area contributed by atoms with E-state index in [1.54, 1.807) is 10.8 Å². The van der Waals surface area contributed by atoms with E-state index in [1.165, 1.54) is 6.20 Å². The zero-order valence-electron chi connectivity index (χ0n) is 11.9. The molecule has 23 heavy (non-hydrogen) atoms. The Kier molecular flexibility index (Phi) is 6.44. The third kappa shape index (κ3) is 5.37. The molecule has 1 aromatic carbocycles. The molecule has 1 aromatic heterocycles. The molecule has 0 aliphatic heterocycles. The van der Waals surface area contributed by atoms with Gasteiger partial charge in [0.15, 0.2) is 5.40 Å². The van der Waals surface area contributed by atoms with E-state index in [4.69, 9.17) is 0 Å². The van der Waals surface area contributed by atoms with Gasteiger partial charge in [-0.15, -0.1) is 0 Å². The minimum Gasteiger partial charge on any atom is -0.412 e. The van der Waals surface area contributed by atoms with Crippen molar-refractivity contribution >= 4 is 15.2 Å². The highest BCUT2D eigenvalue weighted by Crippen LogP contribution is 2.60. The largest absolute Gasteiger partial charge is 0.412 e. The van der Waals surface area contributed by atoms with E-state index >= 15 is 0 Å². The van der Waals surface area contributed by atoms with Crippen molar-refractivity contribution in [3.8, 4) is 0 Å². The summed E-state index contributed by atoms with van der Waals surface area (Å²) in [5.41, 5.74) is 0.936. The van der Waals surface area contributed by atoms with Gasteiger partial charge in [0.2, 0.25) is 0 Å². The number of rotatable bonds is 6. The fourth-order valence-electron chi connectivity index (χ4n) is 2.05. The third-order valence-corrected chi connectivity index (χ3v) is 6.86. The minimum absolute atomic E-state index is 0. The lowest BCUT2D eigenvalue weighted by atomic mass is 10.2. The molecule has 6 N–H and O–H groups in total. The van der Waals surface area contributed by atoms with Crippen LogP contribution in [-0.4, -0.2) is 40.0 Å². The lowest BCUT2D eigenvalue weighted by Crippen LogP contribution is -2.16. The zero-order chi connectivity index (χ0) is 16.4. The van der Waals surface area contributed by atoms with Crippen LogP contribution in [0, 0.1) is 0 Å². The minimum atomic E-state index is -4.96. The van der Waals surface area contributed by atoms with E-state index in [2.05, 4.69) is 4.98 Å². The Morgan fingerprint density at radius 2 is 1.61 bits per heavy atom. The van der Waals surface area contributed by atoms with Crippen molar-refractivity contribution < 1.29 is 34.2 Å². The molecule has 0 fully saturated rings. The number of nitrogens with zero attached hydrogens (tertiary/aromatic N) is 2. The summed E-state index contributed by atoms with van der Waals surface area (Å²) in [4.78, 5) is 40.7. The first-order valence-electron chi connectivity index (χ1n) is 6.32. The summed E-state index contributed by atoms with van der Waals surface area (Å²) in [6.07, 6.45) is 2.52. The maximum absolute atomic E-state index is 11.3. The average molecular weight is 364 g/mol. The van der Waals surface area contributed by atoms with E-state index in [9.17, 15) is 28.7 Å². The van der Waals surface area contributed by atoms with Gasteiger partial charge in [-0.2, -0.15) is 0 Å². The lowest BCUT2D eigenvalue weighted by molar-refractivity contribution is 0.337. The van der Waals surface area contributed by atoms with Crippen LogP contribution in [0.1, 0.15) is 11.4 Å². The number of benzene rings is 1. The molecular weight excluding hydrogens is 346 g/mol. The Bertz CT molecular complexity index is 700. The molecule has 0 saturated carbocycles. The molecule has 0 bridgehead atoms. The Morgan fingerprint density at radius 1 is 1.04 bits per heavy atom. The Balaban J connectivity index is 0.00000264. The molecule has 0 atom stereocenters. The van der Waals surface area contributed by atoms with Gasteiger partial charge in [0, 0.05) is 25.4 Å². The van der Waals surface area contributed by atoms with Gasteiger partial charge in [0.1, 0.15) is 5.82 Å². The SMILES string of the molecule is O.O=P(O)(O)C(Cc1nccn1Cc1ccccc1)P(=O)(O)O. The van der Waals surface area contributed by atoms with Crippen LogP contribution < -0.4 is 0 Å². The number of aromatic nitrogens is 2. The first-order valence-corrected chi connectivity index (χ1v) is 9.68. The van der Waals surface area contributed by atoms with Gasteiger partial charge in [-0.05, 0) is 5.56 Å². The van der Waals surface area contributed by atoms with E-state index in [1.807, 2.05) is 30.3 Å². The second-order valence-electron chi connectivity index (χ2n) is 4.82. The first kappa shape index (κ1) is 19.7. The molecular formula is C12H18N2O7P2. The quantitative estimate of drug-likeness (QED) is 0.536. The van der Waals surface area contributed by atoms with Crippen LogP contribution in [0.5, 0.6) is 0 Å². The van der Waals surface area contributed by atoms with Crippen molar-refractivity contribution in [2.45, 2.75) is 18.4 Å². The summed E-state index contributed by atoms with van der Waals surface area (Å²) in [6.45, 7) is 0.394. The second-order valence-corrected chi connectivity index (χ2v) is 8.83. The van der Waals surface area contributed by atoms with Gasteiger partial charge in [-0.3, -0.25) is 9.13 Å². The van der Waals surface area contributed by atoms with Gasteiger partial charge in [-0.1, -0.05) is 30.3 Å². The number of hydrogen-bond donors (Lipinski definition) is 4. The Labute approximate surface area is 132 Å². The summed E-state index contributed by atoms with van der Waals surface area (Å²) < 4.78 is 24.3. The van der Waals surface area contributed by atoms with Crippen LogP contribution in [0.4, 0.5) is 0 Å². The molecule has 0 saturated heterocycles. The molecule has 0 aliphatic rings. The standard InChI is InChI=1S/C12H16N2O6P2.H2O/c15-21(16,17)12(22(18,19)20)8-11-13-6-7-14(11)9-10-4-2-1-3-5-10;/h1-7,12H,8-9H2,(H2,15,16,17)(H2,18,19,20);1H2. The van der Waals surface area contributed by atoms with E-state index in [0.717, 1.165) is 5.56 Å². The van der Waals surface area contributed by atoms with Crippen molar-refractivity contribution in [1.82, 2.24) is 9.55 Å². The summed E-state index contributed by atoms with van der Waals surface area (Å²) in [6, 6.07) is 9.29. The molecule has 0 radical (unpaired) electrons. The van der Waals surface area contributed by atoms with Gasteiger partial charge in [-0.25, -0.2) is 4.98 Å². The summed E-state index contributed by atoms with van der Waals surface area (Å²) in [5.74, 6) is 0.209. The zero-order valence-corrected chi connectivity index (χ0v) is 13.7. The van der Waals surface area contributed by atoms with Crippen molar-refractivity contribution in [2.24, 2.45) is 0 Å². The Hall–Kier alpha value is -1.31. The van der Waals surface area contributed by atoms with Crippen molar-refractivity contribution in [1.29, 1.82) is 0 Å². The smallest absolute Gasteiger partial charge is 0.341 e. The highest BCUT2D eigenvalue weighted by Gasteiger charge is 2.44. The van der Waals surface area contributed by atoms with Crippen molar-refractivity contribution in [3.63, 3.8) is 0 Å². The number of hydrogen-bond acceptors (Lipinski definition) is 3. The van der Waals surface area contributed by atoms with Crippen LogP contribution in [0.25, 0.3) is 0 Å². The first-order chi connectivity index (χ1) is 10.2. The van der Waals surface area contributed by atoms with Gasteiger partial charge >= 0.3 is 15.2 Å². The third-order valence-electron chi connectivity index (χ3n) is 3.14. The summed E-state index contributed by atoms with van der Waals surface area (Å²) >= 11 is 0. The van der Waals surface area contributed by atoms with E-state index in [-0.39, 0.29) is 11.3 Å². The maximum Gasteiger partial charge on any atom is 0.341 e. The van der Waals surface area contributed by atoms with Gasteiger partial charge < -0.3 is 29.6 Å². The number of imidazole rings is 1. The summed E-state index contributed by atoms with van der Waals surface area (Å²) in [5, 5.41) is -2.09. The van der Waals surface area contributed by atoms with Crippen LogP contribution in [0.15, 0.2) is 42.7 Å². The van der Waals surface area contributed by atoms with Gasteiger partial charge in [0.25, 0.3) is 0 Å². The topological polar surface area (TPSA) is 164 Å². The lowest BCUT2D eigenvalue weighted by Gasteiger charge is -2.19. The molecule has 9 nitrogen and oxygen atoms in total. The van der Waals surface area contributed by atoms with Crippen LogP contribution in [0.3, 0.4) is 0 Å². The molecule has 0 amide bonds. The van der Waals surface area contributed by atoms with Crippen LogP contribution >= 0.6 is 15.2 Å². The maximum atomic E-state index is 11.3. The fourth-order valence-corrected chi connectivity index (χ4v) is 4.42. The van der Waals surface area contributed by atoms with E-state index in [0.29, 0.717) is 6.54 Å². The molecule has 2 aromatic rings. The van der Waals surface area contributed by atoms with E-state index < -0.39 is 27.0 Å². The van der Waals surface area contributed by atoms with Crippen molar-refractivity contribution in [3.05, 3.63) is 54.1 Å². The molecule has 1 heterocycles. The molecule has 11 heteroatoms.